The molecule has 0 aliphatic rings. The van der Waals surface area contributed by atoms with Gasteiger partial charge in [-0.05, 0) is 19.3 Å². The van der Waals surface area contributed by atoms with Crippen LogP contribution in [0.25, 0.3) is 0 Å². The van der Waals surface area contributed by atoms with Crippen molar-refractivity contribution in [3.63, 3.8) is 0 Å². The Balaban J connectivity index is 3.12. The van der Waals surface area contributed by atoms with Crippen molar-refractivity contribution in [2.45, 2.75) is 45.4 Å². The lowest BCUT2D eigenvalue weighted by molar-refractivity contribution is 0.674. The molecule has 0 rings (SSSR count). The van der Waals surface area contributed by atoms with E-state index in [0.29, 0.717) is 0 Å². The van der Waals surface area contributed by atoms with E-state index < -0.39 is 0 Å². The summed E-state index contributed by atoms with van der Waals surface area (Å²) in [7, 11) is 0. The maximum atomic E-state index is 3.62. The lowest BCUT2D eigenvalue weighted by Crippen LogP contribution is -1.73. The highest BCUT2D eigenvalue weighted by molar-refractivity contribution is 5.00. The summed E-state index contributed by atoms with van der Waals surface area (Å²) in [6.07, 6.45) is 18.1. The van der Waals surface area contributed by atoms with E-state index in [4.69, 9.17) is 0 Å². The molecule has 0 radical (unpaired) electrons. The molecule has 0 unspecified atom stereocenters. The molecule has 0 spiro atoms. The van der Waals surface area contributed by atoms with E-state index in [1.807, 2.05) is 12.2 Å². The van der Waals surface area contributed by atoms with Crippen molar-refractivity contribution in [2.24, 2.45) is 0 Å². The summed E-state index contributed by atoms with van der Waals surface area (Å²) < 4.78 is 0. The topological polar surface area (TPSA) is 0 Å². The molecule has 0 aromatic rings. The Bertz CT molecular complexity index is 151. The number of allylic oxidation sites excluding steroid dienone is 5. The highest BCUT2D eigenvalue weighted by Crippen LogP contribution is 2.03. The third-order valence-electron chi connectivity index (χ3n) is 1.94. The molecule has 0 heterocycles. The van der Waals surface area contributed by atoms with Gasteiger partial charge in [0, 0.05) is 0 Å². The zero-order valence-corrected chi connectivity index (χ0v) is 8.84. The minimum Gasteiger partial charge on any atom is -0.0991 e. The number of rotatable bonds is 8. The van der Waals surface area contributed by atoms with Gasteiger partial charge in [0.05, 0.1) is 0 Å². The monoisotopic (exact) mass is 178 g/mol. The first kappa shape index (κ1) is 12.2. The predicted octanol–water partition coefficient (Wildman–Crippen LogP) is 4.65. The summed E-state index contributed by atoms with van der Waals surface area (Å²) in [6.45, 7) is 5.86. The molecule has 0 atom stereocenters. The first-order chi connectivity index (χ1) is 6.41. The fraction of sp³-hybridized carbons (Fsp3) is 0.538. The molecular weight excluding hydrogens is 156 g/mol. The number of hydrogen-bond acceptors (Lipinski definition) is 0. The largest absolute Gasteiger partial charge is 0.0991 e. The van der Waals surface area contributed by atoms with E-state index in [1.54, 1.807) is 0 Å². The van der Waals surface area contributed by atoms with Gasteiger partial charge in [0.2, 0.25) is 0 Å². The van der Waals surface area contributed by atoms with Gasteiger partial charge in [-0.15, -0.1) is 0 Å². The van der Waals surface area contributed by atoms with E-state index in [2.05, 4.69) is 31.7 Å². The summed E-state index contributed by atoms with van der Waals surface area (Å²) in [5.74, 6) is 0. The van der Waals surface area contributed by atoms with Gasteiger partial charge >= 0.3 is 0 Å². The predicted molar refractivity (Wildman–Crippen MR) is 61.9 cm³/mol. The molecule has 0 aliphatic carbocycles. The van der Waals surface area contributed by atoms with Crippen molar-refractivity contribution in [1.82, 2.24) is 0 Å². The molecule has 0 heteroatoms. The Hall–Kier alpha value is -0.780. The first-order valence-electron chi connectivity index (χ1n) is 5.34. The van der Waals surface area contributed by atoms with Gasteiger partial charge < -0.3 is 0 Å². The fourth-order valence-corrected chi connectivity index (χ4v) is 1.16. The average Bonchev–Trinajstić information content (AvgIpc) is 2.16. The van der Waals surface area contributed by atoms with Gasteiger partial charge in [0.25, 0.3) is 0 Å². The van der Waals surface area contributed by atoms with Crippen LogP contribution >= 0.6 is 0 Å². The van der Waals surface area contributed by atoms with Crippen LogP contribution in [0.15, 0.2) is 37.0 Å². The molecule has 0 aromatic carbocycles. The van der Waals surface area contributed by atoms with E-state index >= 15 is 0 Å². The SMILES string of the molecule is C=CC=CCC=CCCCCCC. The summed E-state index contributed by atoms with van der Waals surface area (Å²) in [5, 5.41) is 0. The summed E-state index contributed by atoms with van der Waals surface area (Å²) in [5.41, 5.74) is 0. The summed E-state index contributed by atoms with van der Waals surface area (Å²) in [4.78, 5) is 0. The summed E-state index contributed by atoms with van der Waals surface area (Å²) >= 11 is 0. The first-order valence-corrected chi connectivity index (χ1v) is 5.34. The molecule has 0 nitrogen and oxygen atoms in total. The molecule has 0 amide bonds. The van der Waals surface area contributed by atoms with E-state index in [0.717, 1.165) is 6.42 Å². The van der Waals surface area contributed by atoms with E-state index in [-0.39, 0.29) is 0 Å². The van der Waals surface area contributed by atoms with Crippen molar-refractivity contribution in [3.05, 3.63) is 37.0 Å². The van der Waals surface area contributed by atoms with E-state index in [9.17, 15) is 0 Å². The minimum absolute atomic E-state index is 1.04. The summed E-state index contributed by atoms with van der Waals surface area (Å²) in [6, 6.07) is 0. The molecule has 0 saturated heterocycles. The van der Waals surface area contributed by atoms with Gasteiger partial charge in [0.15, 0.2) is 0 Å². The second-order valence-electron chi connectivity index (χ2n) is 3.22. The zero-order valence-electron chi connectivity index (χ0n) is 8.84. The third kappa shape index (κ3) is 11.2. The van der Waals surface area contributed by atoms with Crippen molar-refractivity contribution >= 4 is 0 Å². The van der Waals surface area contributed by atoms with Crippen LogP contribution in [-0.4, -0.2) is 0 Å². The van der Waals surface area contributed by atoms with Gasteiger partial charge in [-0.2, -0.15) is 0 Å². The Morgan fingerprint density at radius 2 is 1.85 bits per heavy atom. The standard InChI is InChI=1S/C13H22/c1-3-5-7-9-11-13-12-10-8-6-4-2/h3,5,7,11,13H,1,4,6,8-10,12H2,2H3. The highest BCUT2D eigenvalue weighted by atomic mass is 13.9. The molecular formula is C13H22. The molecule has 0 saturated carbocycles. The Morgan fingerprint density at radius 3 is 2.54 bits per heavy atom. The van der Waals surface area contributed by atoms with Crippen LogP contribution in [0.2, 0.25) is 0 Å². The van der Waals surface area contributed by atoms with Crippen molar-refractivity contribution < 1.29 is 0 Å². The quantitative estimate of drug-likeness (QED) is 0.288. The van der Waals surface area contributed by atoms with Crippen LogP contribution in [-0.2, 0) is 0 Å². The van der Waals surface area contributed by atoms with Crippen LogP contribution in [0.3, 0.4) is 0 Å². The molecule has 0 aromatic heterocycles. The molecule has 74 valence electrons. The fourth-order valence-electron chi connectivity index (χ4n) is 1.16. The smallest absolute Gasteiger partial charge is 0.0166 e. The molecule has 13 heavy (non-hydrogen) atoms. The van der Waals surface area contributed by atoms with Crippen molar-refractivity contribution in [2.75, 3.05) is 0 Å². The Kier molecular flexibility index (Phi) is 10.5. The van der Waals surface area contributed by atoms with Crippen LogP contribution in [0, 0.1) is 0 Å². The van der Waals surface area contributed by atoms with Crippen LogP contribution in [0.1, 0.15) is 45.4 Å². The van der Waals surface area contributed by atoms with Gasteiger partial charge in [0.1, 0.15) is 0 Å². The van der Waals surface area contributed by atoms with Gasteiger partial charge in [-0.25, -0.2) is 0 Å². The third-order valence-corrected chi connectivity index (χ3v) is 1.94. The van der Waals surface area contributed by atoms with Crippen molar-refractivity contribution in [3.8, 4) is 0 Å². The maximum Gasteiger partial charge on any atom is -0.0166 e. The van der Waals surface area contributed by atoms with Crippen LogP contribution in [0.5, 0.6) is 0 Å². The Labute approximate surface area is 83.0 Å². The minimum atomic E-state index is 1.04. The highest BCUT2D eigenvalue weighted by Gasteiger charge is 1.83. The normalized spacial score (nSPS) is 11.5. The lowest BCUT2D eigenvalue weighted by atomic mass is 10.1. The van der Waals surface area contributed by atoms with Crippen LogP contribution in [0.4, 0.5) is 0 Å². The maximum absolute atomic E-state index is 3.62. The number of unbranched alkanes of at least 4 members (excludes halogenated alkanes) is 4. The van der Waals surface area contributed by atoms with Crippen LogP contribution < -0.4 is 0 Å². The number of hydrogen-bond donors (Lipinski definition) is 0. The van der Waals surface area contributed by atoms with Crippen molar-refractivity contribution in [1.29, 1.82) is 0 Å². The molecule has 0 bridgehead atoms. The lowest BCUT2D eigenvalue weighted by Gasteiger charge is -1.93. The van der Waals surface area contributed by atoms with Gasteiger partial charge in [-0.1, -0.05) is 63.1 Å². The second kappa shape index (κ2) is 11.2. The zero-order chi connectivity index (χ0) is 9.78. The molecule has 0 aliphatic heterocycles. The van der Waals surface area contributed by atoms with Gasteiger partial charge in [-0.3, -0.25) is 0 Å². The average molecular weight is 178 g/mol. The molecule has 0 fully saturated rings. The molecule has 0 N–H and O–H groups in total. The Morgan fingerprint density at radius 1 is 1.00 bits per heavy atom. The van der Waals surface area contributed by atoms with E-state index in [1.165, 1.54) is 32.1 Å². The second-order valence-corrected chi connectivity index (χ2v) is 3.22.